The summed E-state index contributed by atoms with van der Waals surface area (Å²) in [6, 6.07) is 3.55. The number of hydrogen-bond donors (Lipinski definition) is 1. The molecule has 1 aromatic rings. The van der Waals surface area contributed by atoms with Crippen molar-refractivity contribution in [1.29, 1.82) is 5.26 Å². The Kier molecular flexibility index (Phi) is 3.29. The van der Waals surface area contributed by atoms with Gasteiger partial charge in [0.25, 0.3) is 0 Å². The van der Waals surface area contributed by atoms with Gasteiger partial charge in [-0.25, -0.2) is 4.79 Å². The first-order valence-corrected chi connectivity index (χ1v) is 4.49. The second-order valence-corrected chi connectivity index (χ2v) is 3.02. The van der Waals surface area contributed by atoms with E-state index in [4.69, 9.17) is 10.4 Å². The lowest BCUT2D eigenvalue weighted by molar-refractivity contribution is 0.0695. The molecule has 0 unspecified atom stereocenters. The molecule has 0 saturated heterocycles. The smallest absolute Gasteiger partial charge is 0.337 e. The summed E-state index contributed by atoms with van der Waals surface area (Å²) >= 11 is 0. The molecule has 1 aromatic heterocycles. The van der Waals surface area contributed by atoms with Crippen molar-refractivity contribution in [1.82, 2.24) is 4.57 Å². The quantitative estimate of drug-likeness (QED) is 0.788. The molecule has 0 aliphatic carbocycles. The number of aromatic carboxylic acids is 1. The van der Waals surface area contributed by atoms with E-state index in [-0.39, 0.29) is 6.54 Å². The van der Waals surface area contributed by atoms with Crippen LogP contribution in [0.2, 0.25) is 0 Å². The van der Waals surface area contributed by atoms with Crippen LogP contribution in [0.5, 0.6) is 0 Å². The van der Waals surface area contributed by atoms with E-state index in [1.807, 2.05) is 13.0 Å². The Balaban J connectivity index is 3.07. The van der Waals surface area contributed by atoms with E-state index in [2.05, 4.69) is 0 Å². The number of rotatable bonds is 4. The number of nitriles is 1. The normalized spacial score (nSPS) is 9.71. The van der Waals surface area contributed by atoms with Crippen LogP contribution in [0.15, 0.2) is 12.3 Å². The molecule has 0 aromatic carbocycles. The van der Waals surface area contributed by atoms with E-state index < -0.39 is 5.97 Å². The van der Waals surface area contributed by atoms with Crippen molar-refractivity contribution in [3.63, 3.8) is 0 Å². The Bertz CT molecular complexity index is 374. The molecular formula is C10H12N2O2. The van der Waals surface area contributed by atoms with Gasteiger partial charge in [-0.2, -0.15) is 5.26 Å². The predicted molar refractivity (Wildman–Crippen MR) is 51.0 cm³/mol. The predicted octanol–water partition coefficient (Wildman–Crippen LogP) is 1.66. The van der Waals surface area contributed by atoms with Crippen molar-refractivity contribution in [2.24, 2.45) is 0 Å². The molecule has 0 aliphatic heterocycles. The van der Waals surface area contributed by atoms with Crippen LogP contribution < -0.4 is 0 Å². The first kappa shape index (κ1) is 10.3. The zero-order chi connectivity index (χ0) is 10.6. The maximum atomic E-state index is 10.8. The van der Waals surface area contributed by atoms with Gasteiger partial charge in [-0.05, 0) is 12.5 Å². The van der Waals surface area contributed by atoms with Gasteiger partial charge >= 0.3 is 5.97 Å². The zero-order valence-corrected chi connectivity index (χ0v) is 8.03. The zero-order valence-electron chi connectivity index (χ0n) is 8.03. The minimum Gasteiger partial charge on any atom is -0.478 e. The molecule has 0 saturated carbocycles. The van der Waals surface area contributed by atoms with Crippen LogP contribution in [-0.4, -0.2) is 15.6 Å². The summed E-state index contributed by atoms with van der Waals surface area (Å²) in [7, 11) is 0. The van der Waals surface area contributed by atoms with Gasteiger partial charge in [0.15, 0.2) is 0 Å². The lowest BCUT2D eigenvalue weighted by atomic mass is 10.1. The van der Waals surface area contributed by atoms with Crippen LogP contribution in [0.1, 0.15) is 29.4 Å². The molecular weight excluding hydrogens is 180 g/mol. The van der Waals surface area contributed by atoms with Gasteiger partial charge in [-0.15, -0.1) is 0 Å². The highest BCUT2D eigenvalue weighted by Gasteiger charge is 2.13. The molecule has 1 rings (SSSR count). The molecule has 0 atom stereocenters. The summed E-state index contributed by atoms with van der Waals surface area (Å²) in [6.45, 7) is 2.19. The Morgan fingerprint density at radius 1 is 1.71 bits per heavy atom. The summed E-state index contributed by atoms with van der Waals surface area (Å²) in [4.78, 5) is 10.8. The van der Waals surface area contributed by atoms with Gasteiger partial charge in [-0.3, -0.25) is 0 Å². The molecule has 0 aliphatic rings. The second-order valence-electron chi connectivity index (χ2n) is 3.02. The van der Waals surface area contributed by atoms with Crippen molar-refractivity contribution in [3.05, 3.63) is 23.5 Å². The molecule has 4 nitrogen and oxygen atoms in total. The third-order valence-electron chi connectivity index (χ3n) is 2.04. The lowest BCUT2D eigenvalue weighted by Crippen LogP contribution is -2.06. The summed E-state index contributed by atoms with van der Waals surface area (Å²) in [5.74, 6) is -0.926. The fraction of sp³-hybridized carbons (Fsp3) is 0.400. The number of aromatic nitrogens is 1. The topological polar surface area (TPSA) is 66.0 Å². The Hall–Kier alpha value is -1.76. The lowest BCUT2D eigenvalue weighted by Gasteiger charge is -2.04. The molecule has 1 heterocycles. The van der Waals surface area contributed by atoms with E-state index in [0.717, 1.165) is 12.1 Å². The maximum absolute atomic E-state index is 10.8. The first-order valence-electron chi connectivity index (χ1n) is 4.49. The molecule has 14 heavy (non-hydrogen) atoms. The summed E-state index contributed by atoms with van der Waals surface area (Å²) in [5, 5.41) is 17.4. The van der Waals surface area contributed by atoms with Crippen LogP contribution in [0, 0.1) is 11.3 Å². The number of carbonyl (C=O) groups is 1. The van der Waals surface area contributed by atoms with Crippen LogP contribution in [0.3, 0.4) is 0 Å². The molecule has 1 N–H and O–H groups in total. The highest BCUT2D eigenvalue weighted by Crippen LogP contribution is 2.13. The van der Waals surface area contributed by atoms with Gasteiger partial charge in [-0.1, -0.05) is 13.3 Å². The molecule has 0 fully saturated rings. The highest BCUT2D eigenvalue weighted by molar-refractivity contribution is 5.89. The third kappa shape index (κ3) is 1.94. The van der Waals surface area contributed by atoms with Gasteiger partial charge in [0, 0.05) is 11.9 Å². The molecule has 0 bridgehead atoms. The van der Waals surface area contributed by atoms with Gasteiger partial charge in [0.2, 0.25) is 0 Å². The van der Waals surface area contributed by atoms with Gasteiger partial charge < -0.3 is 9.67 Å². The highest BCUT2D eigenvalue weighted by atomic mass is 16.4. The third-order valence-corrected chi connectivity index (χ3v) is 2.04. The van der Waals surface area contributed by atoms with Crippen molar-refractivity contribution in [2.45, 2.75) is 26.3 Å². The Morgan fingerprint density at radius 3 is 2.93 bits per heavy atom. The van der Waals surface area contributed by atoms with E-state index >= 15 is 0 Å². The van der Waals surface area contributed by atoms with Crippen molar-refractivity contribution in [2.75, 3.05) is 0 Å². The summed E-state index contributed by atoms with van der Waals surface area (Å²) in [6.07, 6.45) is 3.21. The number of carboxylic acid groups (broad SMARTS) is 1. The summed E-state index contributed by atoms with van der Waals surface area (Å²) < 4.78 is 1.69. The average Bonchev–Trinajstić information content (AvgIpc) is 2.50. The van der Waals surface area contributed by atoms with Gasteiger partial charge in [0.05, 0.1) is 11.6 Å². The number of carboxylic acids is 1. The molecule has 0 spiro atoms. The van der Waals surface area contributed by atoms with Crippen molar-refractivity contribution >= 4 is 5.97 Å². The minimum absolute atomic E-state index is 0.211. The first-order chi connectivity index (χ1) is 6.70. The van der Waals surface area contributed by atoms with E-state index in [1.54, 1.807) is 16.8 Å². The van der Waals surface area contributed by atoms with Crippen LogP contribution in [-0.2, 0) is 13.0 Å². The van der Waals surface area contributed by atoms with Gasteiger partial charge in [0.1, 0.15) is 6.54 Å². The van der Waals surface area contributed by atoms with Crippen LogP contribution >= 0.6 is 0 Å². The molecule has 74 valence electrons. The van der Waals surface area contributed by atoms with Crippen LogP contribution in [0.4, 0.5) is 0 Å². The summed E-state index contributed by atoms with van der Waals surface area (Å²) in [5.41, 5.74) is 1.05. The SMILES string of the molecule is CCCc1c(C(=O)O)ccn1CC#N. The number of hydrogen-bond acceptors (Lipinski definition) is 2. The fourth-order valence-corrected chi connectivity index (χ4v) is 1.44. The number of nitrogens with zero attached hydrogens (tertiary/aromatic N) is 2. The second kappa shape index (κ2) is 4.47. The average molecular weight is 192 g/mol. The molecule has 0 amide bonds. The Morgan fingerprint density at radius 2 is 2.43 bits per heavy atom. The van der Waals surface area contributed by atoms with Crippen LogP contribution in [0.25, 0.3) is 0 Å². The minimum atomic E-state index is -0.926. The fourth-order valence-electron chi connectivity index (χ4n) is 1.44. The van der Waals surface area contributed by atoms with E-state index in [0.29, 0.717) is 12.0 Å². The largest absolute Gasteiger partial charge is 0.478 e. The molecule has 4 heteroatoms. The Labute approximate surface area is 82.4 Å². The monoisotopic (exact) mass is 192 g/mol. The maximum Gasteiger partial charge on any atom is 0.337 e. The molecule has 0 radical (unpaired) electrons. The van der Waals surface area contributed by atoms with Crippen molar-refractivity contribution < 1.29 is 9.90 Å². The van der Waals surface area contributed by atoms with E-state index in [9.17, 15) is 4.79 Å². The van der Waals surface area contributed by atoms with E-state index in [1.165, 1.54) is 0 Å². The standard InChI is InChI=1S/C10H12N2O2/c1-2-3-9-8(10(13)14)4-6-12(9)7-5-11/h4,6H,2-3,7H2,1H3,(H,13,14). The van der Waals surface area contributed by atoms with Crippen molar-refractivity contribution in [3.8, 4) is 6.07 Å².